The number of hydrogen-bond acceptors (Lipinski definition) is 2. The van der Waals surface area contributed by atoms with Gasteiger partial charge >= 0.3 is 0 Å². The summed E-state index contributed by atoms with van der Waals surface area (Å²) in [7, 11) is 0. The fourth-order valence-electron chi connectivity index (χ4n) is 1.11. The van der Waals surface area contributed by atoms with E-state index >= 15 is 0 Å². The van der Waals surface area contributed by atoms with Crippen LogP contribution in [0.2, 0.25) is 0 Å². The Morgan fingerprint density at radius 2 is 2.14 bits per heavy atom. The summed E-state index contributed by atoms with van der Waals surface area (Å²) in [6.45, 7) is 2.94. The number of unbranched alkanes of at least 4 members (excludes halogenated alkanes) is 1. The van der Waals surface area contributed by atoms with E-state index in [1.807, 2.05) is 25.1 Å². The maximum absolute atomic E-state index is 8.58. The van der Waals surface area contributed by atoms with Crippen LogP contribution < -0.4 is 4.74 Å². The average Bonchev–Trinajstić information content (AvgIpc) is 2.18. The maximum atomic E-state index is 8.58. The van der Waals surface area contributed by atoms with Gasteiger partial charge in [-0.15, -0.1) is 0 Å². The van der Waals surface area contributed by atoms with Gasteiger partial charge in [-0.25, -0.2) is 0 Å². The van der Waals surface area contributed by atoms with Crippen LogP contribution in [-0.2, 0) is 0 Å². The van der Waals surface area contributed by atoms with E-state index in [-0.39, 0.29) is 6.61 Å². The van der Waals surface area contributed by atoms with Crippen LogP contribution in [0.5, 0.6) is 5.75 Å². The molecule has 3 heteroatoms. The van der Waals surface area contributed by atoms with Gasteiger partial charge < -0.3 is 9.84 Å². The first-order chi connectivity index (χ1) is 6.74. The Bertz CT molecular complexity index is 287. The molecule has 0 atom stereocenters. The van der Waals surface area contributed by atoms with Gasteiger partial charge in [0.15, 0.2) is 0 Å². The zero-order valence-electron chi connectivity index (χ0n) is 8.29. The van der Waals surface area contributed by atoms with E-state index in [0.29, 0.717) is 6.61 Å². The average molecular weight is 259 g/mol. The van der Waals surface area contributed by atoms with E-state index in [1.54, 1.807) is 0 Å². The minimum atomic E-state index is 0.239. The third kappa shape index (κ3) is 3.68. The van der Waals surface area contributed by atoms with Crippen LogP contribution in [-0.4, -0.2) is 18.3 Å². The molecule has 2 nitrogen and oxygen atoms in total. The van der Waals surface area contributed by atoms with Crippen molar-refractivity contribution in [2.24, 2.45) is 0 Å². The van der Waals surface area contributed by atoms with Crippen LogP contribution in [0.15, 0.2) is 22.7 Å². The predicted molar refractivity (Wildman–Crippen MR) is 60.7 cm³/mol. The summed E-state index contributed by atoms with van der Waals surface area (Å²) in [6, 6.07) is 5.93. The minimum absolute atomic E-state index is 0.239. The maximum Gasteiger partial charge on any atom is 0.119 e. The number of benzene rings is 1. The van der Waals surface area contributed by atoms with Crippen molar-refractivity contribution < 1.29 is 9.84 Å². The van der Waals surface area contributed by atoms with Crippen molar-refractivity contribution in [2.45, 2.75) is 19.8 Å². The molecule has 0 spiro atoms. The van der Waals surface area contributed by atoms with Gasteiger partial charge in [0.05, 0.1) is 6.61 Å². The number of aryl methyl sites for hydroxylation is 1. The quantitative estimate of drug-likeness (QED) is 0.824. The van der Waals surface area contributed by atoms with Crippen LogP contribution >= 0.6 is 15.9 Å². The molecular weight excluding hydrogens is 244 g/mol. The first-order valence-corrected chi connectivity index (χ1v) is 5.53. The lowest BCUT2D eigenvalue weighted by atomic mass is 10.2. The molecule has 1 rings (SSSR count). The van der Waals surface area contributed by atoms with Crippen molar-refractivity contribution in [3.05, 3.63) is 28.2 Å². The fourth-order valence-corrected chi connectivity index (χ4v) is 1.36. The molecule has 0 heterocycles. The standard InChI is InChI=1S/C11H15BrO2/c1-9-8-10(4-5-11(9)12)14-7-3-2-6-13/h4-5,8,13H,2-3,6-7H2,1H3. The number of aliphatic hydroxyl groups excluding tert-OH is 1. The number of rotatable bonds is 5. The second-order valence-corrected chi connectivity index (χ2v) is 4.04. The third-order valence-corrected chi connectivity index (χ3v) is 2.84. The van der Waals surface area contributed by atoms with Crippen LogP contribution in [0.25, 0.3) is 0 Å². The van der Waals surface area contributed by atoms with E-state index < -0.39 is 0 Å². The molecule has 14 heavy (non-hydrogen) atoms. The largest absolute Gasteiger partial charge is 0.494 e. The molecule has 0 bridgehead atoms. The Morgan fingerprint density at radius 1 is 1.36 bits per heavy atom. The van der Waals surface area contributed by atoms with E-state index in [2.05, 4.69) is 15.9 Å². The molecule has 0 amide bonds. The lowest BCUT2D eigenvalue weighted by Gasteiger charge is -2.06. The Kier molecular flexibility index (Phi) is 4.98. The lowest BCUT2D eigenvalue weighted by molar-refractivity contribution is 0.253. The van der Waals surface area contributed by atoms with Crippen LogP contribution in [0.3, 0.4) is 0 Å². The third-order valence-electron chi connectivity index (χ3n) is 1.95. The molecule has 0 aliphatic rings. The second-order valence-electron chi connectivity index (χ2n) is 3.19. The predicted octanol–water partition coefficient (Wildman–Crippen LogP) is 2.91. The fraction of sp³-hybridized carbons (Fsp3) is 0.455. The number of aliphatic hydroxyl groups is 1. The van der Waals surface area contributed by atoms with Crippen molar-refractivity contribution in [3.8, 4) is 5.75 Å². The first-order valence-electron chi connectivity index (χ1n) is 4.74. The van der Waals surface area contributed by atoms with Gasteiger partial charge in [0, 0.05) is 11.1 Å². The van der Waals surface area contributed by atoms with Crippen molar-refractivity contribution >= 4 is 15.9 Å². The van der Waals surface area contributed by atoms with E-state index in [9.17, 15) is 0 Å². The van der Waals surface area contributed by atoms with Gasteiger partial charge in [0.2, 0.25) is 0 Å². The van der Waals surface area contributed by atoms with Gasteiger partial charge in [0.25, 0.3) is 0 Å². The van der Waals surface area contributed by atoms with Crippen molar-refractivity contribution in [1.29, 1.82) is 0 Å². The number of hydrogen-bond donors (Lipinski definition) is 1. The summed E-state index contributed by atoms with van der Waals surface area (Å²) in [5.74, 6) is 0.892. The van der Waals surface area contributed by atoms with Gasteiger partial charge in [-0.3, -0.25) is 0 Å². The summed E-state index contributed by atoms with van der Waals surface area (Å²) in [5.41, 5.74) is 1.17. The molecule has 0 saturated heterocycles. The molecule has 1 aromatic rings. The molecule has 0 aliphatic carbocycles. The molecule has 0 radical (unpaired) electrons. The molecule has 0 aliphatic heterocycles. The molecule has 1 aromatic carbocycles. The van der Waals surface area contributed by atoms with Crippen molar-refractivity contribution in [1.82, 2.24) is 0 Å². The Morgan fingerprint density at radius 3 is 2.79 bits per heavy atom. The van der Waals surface area contributed by atoms with Crippen molar-refractivity contribution in [2.75, 3.05) is 13.2 Å². The Hall–Kier alpha value is -0.540. The summed E-state index contributed by atoms with van der Waals surface area (Å²) >= 11 is 3.43. The monoisotopic (exact) mass is 258 g/mol. The van der Waals surface area contributed by atoms with Gasteiger partial charge in [0.1, 0.15) is 5.75 Å². The topological polar surface area (TPSA) is 29.5 Å². The second kappa shape index (κ2) is 6.04. The van der Waals surface area contributed by atoms with E-state index in [1.165, 1.54) is 5.56 Å². The SMILES string of the molecule is Cc1cc(OCCCCO)ccc1Br. The summed E-state index contributed by atoms with van der Waals surface area (Å²) in [5, 5.41) is 8.58. The summed E-state index contributed by atoms with van der Waals surface area (Å²) < 4.78 is 6.61. The molecule has 0 saturated carbocycles. The van der Waals surface area contributed by atoms with Gasteiger partial charge in [-0.1, -0.05) is 15.9 Å². The van der Waals surface area contributed by atoms with Crippen LogP contribution in [0, 0.1) is 6.92 Å². The molecule has 0 unspecified atom stereocenters. The molecule has 0 aromatic heterocycles. The molecule has 78 valence electrons. The number of ether oxygens (including phenoxy) is 1. The zero-order chi connectivity index (χ0) is 10.4. The zero-order valence-corrected chi connectivity index (χ0v) is 9.88. The minimum Gasteiger partial charge on any atom is -0.494 e. The normalized spacial score (nSPS) is 10.2. The highest BCUT2D eigenvalue weighted by Gasteiger charge is 1.97. The van der Waals surface area contributed by atoms with Gasteiger partial charge in [-0.2, -0.15) is 0 Å². The lowest BCUT2D eigenvalue weighted by Crippen LogP contribution is -1.98. The van der Waals surface area contributed by atoms with Crippen LogP contribution in [0.4, 0.5) is 0 Å². The number of halogens is 1. The summed E-state index contributed by atoms with van der Waals surface area (Å²) in [6.07, 6.45) is 1.70. The Balaban J connectivity index is 2.39. The van der Waals surface area contributed by atoms with Gasteiger partial charge in [-0.05, 0) is 43.5 Å². The molecule has 0 fully saturated rings. The molecule has 1 N–H and O–H groups in total. The summed E-state index contributed by atoms with van der Waals surface area (Å²) in [4.78, 5) is 0. The molecular formula is C11H15BrO2. The highest BCUT2D eigenvalue weighted by molar-refractivity contribution is 9.10. The van der Waals surface area contributed by atoms with E-state index in [4.69, 9.17) is 9.84 Å². The van der Waals surface area contributed by atoms with E-state index in [0.717, 1.165) is 23.1 Å². The first kappa shape index (κ1) is 11.5. The van der Waals surface area contributed by atoms with Crippen molar-refractivity contribution in [3.63, 3.8) is 0 Å². The van der Waals surface area contributed by atoms with Crippen LogP contribution in [0.1, 0.15) is 18.4 Å². The highest BCUT2D eigenvalue weighted by atomic mass is 79.9. The Labute approximate surface area is 93.0 Å². The smallest absolute Gasteiger partial charge is 0.119 e. The highest BCUT2D eigenvalue weighted by Crippen LogP contribution is 2.21.